The second kappa shape index (κ2) is 11.3. The van der Waals surface area contributed by atoms with Gasteiger partial charge in [0.15, 0.2) is 5.96 Å². The molecule has 0 spiro atoms. The Morgan fingerprint density at radius 3 is 2.68 bits per heavy atom. The number of hydrogen-bond acceptors (Lipinski definition) is 3. The van der Waals surface area contributed by atoms with Crippen LogP contribution < -0.4 is 5.32 Å². The van der Waals surface area contributed by atoms with Crippen molar-refractivity contribution in [2.24, 2.45) is 10.9 Å². The highest BCUT2D eigenvalue weighted by Gasteiger charge is 2.25. The van der Waals surface area contributed by atoms with Gasteiger partial charge in [0.2, 0.25) is 5.91 Å². The summed E-state index contributed by atoms with van der Waals surface area (Å²) in [7, 11) is 1.86. The van der Waals surface area contributed by atoms with Crippen molar-refractivity contribution < 1.29 is 4.79 Å². The molecule has 3 rings (SSSR count). The normalized spacial score (nSPS) is 20.5. The van der Waals surface area contributed by atoms with Gasteiger partial charge in [0, 0.05) is 57.2 Å². The number of aliphatic imine (C=N–C) groups is 1. The second-order valence-corrected chi connectivity index (χ2v) is 9.03. The van der Waals surface area contributed by atoms with Crippen LogP contribution in [0.15, 0.2) is 29.3 Å². The molecule has 1 aromatic carbocycles. The van der Waals surface area contributed by atoms with Crippen molar-refractivity contribution in [3.05, 3.63) is 35.4 Å². The summed E-state index contributed by atoms with van der Waals surface area (Å²) in [4.78, 5) is 20.9. The fourth-order valence-corrected chi connectivity index (χ4v) is 5.04. The number of nitrogens with zero attached hydrogens (tertiary/aromatic N) is 3. The molecule has 0 bridgehead atoms. The highest BCUT2D eigenvalue weighted by molar-refractivity contribution is 14.0. The maximum atomic E-state index is 12.0. The molecule has 0 saturated carbocycles. The minimum absolute atomic E-state index is 0. The molecule has 1 unspecified atom stereocenters. The topological polar surface area (TPSA) is 47.9 Å². The van der Waals surface area contributed by atoms with E-state index in [2.05, 4.69) is 65.1 Å². The lowest BCUT2D eigenvalue weighted by molar-refractivity contribution is -0.128. The number of carbonyl (C=O) groups is 1. The molecule has 5 nitrogen and oxygen atoms in total. The number of halogens is 1. The number of nitrogens with one attached hydrogen (secondary N) is 1. The van der Waals surface area contributed by atoms with Crippen LogP contribution in [-0.2, 0) is 17.9 Å². The highest BCUT2D eigenvalue weighted by Crippen LogP contribution is 2.25. The van der Waals surface area contributed by atoms with Crippen molar-refractivity contribution >= 4 is 47.6 Å². The summed E-state index contributed by atoms with van der Waals surface area (Å²) in [5.41, 5.74) is 2.47. The van der Waals surface area contributed by atoms with Crippen LogP contribution in [0.25, 0.3) is 0 Å². The second-order valence-electron chi connectivity index (χ2n) is 7.69. The molecule has 1 amide bonds. The fraction of sp³-hybridized carbons (Fsp3) is 0.619. The number of benzene rings is 1. The Labute approximate surface area is 190 Å². The fourth-order valence-electron chi connectivity index (χ4n) is 3.74. The summed E-state index contributed by atoms with van der Waals surface area (Å²) in [6.45, 7) is 9.01. The van der Waals surface area contributed by atoms with Crippen molar-refractivity contribution in [2.75, 3.05) is 32.4 Å². The molecule has 0 radical (unpaired) electrons. The van der Waals surface area contributed by atoms with E-state index in [1.54, 1.807) is 0 Å². The molecule has 1 atom stereocenters. The van der Waals surface area contributed by atoms with Crippen molar-refractivity contribution in [1.29, 1.82) is 0 Å². The van der Waals surface area contributed by atoms with Gasteiger partial charge in [0.1, 0.15) is 0 Å². The Bertz CT molecular complexity index is 682. The Morgan fingerprint density at radius 1 is 1.29 bits per heavy atom. The molecule has 2 aliphatic rings. The maximum Gasteiger partial charge on any atom is 0.222 e. The Kier molecular flexibility index (Phi) is 9.40. The van der Waals surface area contributed by atoms with Gasteiger partial charge >= 0.3 is 0 Å². The van der Waals surface area contributed by atoms with Gasteiger partial charge in [0.25, 0.3) is 0 Å². The summed E-state index contributed by atoms with van der Waals surface area (Å²) >= 11 is 2.08. The van der Waals surface area contributed by atoms with E-state index < -0.39 is 0 Å². The van der Waals surface area contributed by atoms with E-state index in [4.69, 9.17) is 0 Å². The van der Waals surface area contributed by atoms with Crippen LogP contribution in [0, 0.1) is 5.92 Å². The largest absolute Gasteiger partial charge is 0.352 e. The van der Waals surface area contributed by atoms with Crippen molar-refractivity contribution in [3.8, 4) is 0 Å². The monoisotopic (exact) mass is 516 g/mol. The molecule has 1 N–H and O–H groups in total. The molecule has 28 heavy (non-hydrogen) atoms. The lowest BCUT2D eigenvalue weighted by Gasteiger charge is -2.36. The Balaban J connectivity index is 0.00000280. The third-order valence-electron chi connectivity index (χ3n) is 5.44. The number of rotatable bonds is 5. The van der Waals surface area contributed by atoms with Crippen molar-refractivity contribution in [1.82, 2.24) is 15.1 Å². The molecule has 2 fully saturated rings. The van der Waals surface area contributed by atoms with Gasteiger partial charge in [-0.2, -0.15) is 11.8 Å². The molecule has 0 aliphatic carbocycles. The molecular formula is C21H33IN4OS. The van der Waals surface area contributed by atoms with Gasteiger partial charge in [-0.05, 0) is 23.5 Å². The number of thioether (sulfide) groups is 1. The van der Waals surface area contributed by atoms with Gasteiger partial charge < -0.3 is 15.1 Å². The van der Waals surface area contributed by atoms with Gasteiger partial charge in [0.05, 0.1) is 0 Å². The van der Waals surface area contributed by atoms with Crippen LogP contribution in [0.2, 0.25) is 0 Å². The SMILES string of the molecule is CN=C(NCc1ccccc1CN1CCCC1=O)N1CCSC(C(C)C)C1.I. The zero-order valence-corrected chi connectivity index (χ0v) is 20.3. The minimum Gasteiger partial charge on any atom is -0.352 e. The molecule has 2 aliphatic heterocycles. The van der Waals surface area contributed by atoms with Crippen LogP contribution in [-0.4, -0.2) is 59.4 Å². The third kappa shape index (κ3) is 6.02. The third-order valence-corrected chi connectivity index (χ3v) is 6.98. The summed E-state index contributed by atoms with van der Waals surface area (Å²) in [6, 6.07) is 8.42. The molecule has 156 valence electrons. The molecule has 2 saturated heterocycles. The Morgan fingerprint density at radius 2 is 2.04 bits per heavy atom. The van der Waals surface area contributed by atoms with Crippen LogP contribution in [0.3, 0.4) is 0 Å². The van der Waals surface area contributed by atoms with Crippen LogP contribution in [0.5, 0.6) is 0 Å². The number of guanidine groups is 1. The average Bonchev–Trinajstić information content (AvgIpc) is 3.08. The highest BCUT2D eigenvalue weighted by atomic mass is 127. The van der Waals surface area contributed by atoms with E-state index in [1.165, 1.54) is 11.1 Å². The van der Waals surface area contributed by atoms with Crippen LogP contribution >= 0.6 is 35.7 Å². The summed E-state index contributed by atoms with van der Waals surface area (Å²) in [5.74, 6) is 3.08. The standard InChI is InChI=1S/C21H32N4OS.HI/c1-16(2)19-15-25(11-12-27-19)21(22-3)23-13-17-7-4-5-8-18(17)14-24-10-6-9-20(24)26;/h4-5,7-8,16,19H,6,9-15H2,1-3H3,(H,22,23);1H. The van der Waals surface area contributed by atoms with Gasteiger partial charge in [-0.25, -0.2) is 0 Å². The van der Waals surface area contributed by atoms with Gasteiger partial charge in [-0.1, -0.05) is 38.1 Å². The molecule has 1 aromatic rings. The number of hydrogen-bond donors (Lipinski definition) is 1. The average molecular weight is 516 g/mol. The zero-order valence-electron chi connectivity index (χ0n) is 17.2. The smallest absolute Gasteiger partial charge is 0.222 e. The predicted molar refractivity (Wildman–Crippen MR) is 129 cm³/mol. The van der Waals surface area contributed by atoms with Crippen molar-refractivity contribution in [3.63, 3.8) is 0 Å². The van der Waals surface area contributed by atoms with Gasteiger partial charge in [-0.15, -0.1) is 24.0 Å². The van der Waals surface area contributed by atoms with E-state index in [-0.39, 0.29) is 29.9 Å². The van der Waals surface area contributed by atoms with E-state index in [0.717, 1.165) is 44.3 Å². The quantitative estimate of drug-likeness (QED) is 0.370. The lowest BCUT2D eigenvalue weighted by atomic mass is 10.1. The summed E-state index contributed by atoms with van der Waals surface area (Å²) < 4.78 is 0. The van der Waals surface area contributed by atoms with E-state index in [0.29, 0.717) is 24.1 Å². The number of carbonyl (C=O) groups excluding carboxylic acids is 1. The van der Waals surface area contributed by atoms with E-state index >= 15 is 0 Å². The van der Waals surface area contributed by atoms with E-state index in [1.807, 2.05) is 11.9 Å². The zero-order chi connectivity index (χ0) is 19.2. The Hall–Kier alpha value is -0.960. The maximum absolute atomic E-state index is 12.0. The predicted octanol–water partition coefficient (Wildman–Crippen LogP) is 3.58. The summed E-state index contributed by atoms with van der Waals surface area (Å²) in [6.07, 6.45) is 1.67. The van der Waals surface area contributed by atoms with Gasteiger partial charge in [-0.3, -0.25) is 9.79 Å². The first-order valence-corrected chi connectivity index (χ1v) is 11.0. The first kappa shape index (κ1) is 23.3. The minimum atomic E-state index is 0. The number of amides is 1. The first-order valence-electron chi connectivity index (χ1n) is 10.00. The molecule has 2 heterocycles. The summed E-state index contributed by atoms with van der Waals surface area (Å²) in [5, 5.41) is 4.21. The lowest BCUT2D eigenvalue weighted by Crippen LogP contribution is -2.48. The molecular weight excluding hydrogens is 483 g/mol. The van der Waals surface area contributed by atoms with Crippen LogP contribution in [0.4, 0.5) is 0 Å². The van der Waals surface area contributed by atoms with E-state index in [9.17, 15) is 4.79 Å². The number of likely N-dealkylation sites (tertiary alicyclic amines) is 1. The molecule has 7 heteroatoms. The first-order chi connectivity index (χ1) is 13.1. The molecule has 0 aromatic heterocycles. The van der Waals surface area contributed by atoms with Crippen LogP contribution in [0.1, 0.15) is 37.8 Å². The van der Waals surface area contributed by atoms with Crippen molar-refractivity contribution in [2.45, 2.75) is 45.0 Å².